The van der Waals surface area contributed by atoms with Crippen LogP contribution in [0.4, 0.5) is 0 Å². The van der Waals surface area contributed by atoms with Crippen molar-refractivity contribution >= 4 is 40.7 Å². The largest absolute Gasteiger partial charge is 0.347 e. The second kappa shape index (κ2) is 5.94. The molecule has 0 aliphatic rings. The Balaban J connectivity index is 2.80. The first-order valence-electron chi connectivity index (χ1n) is 5.19. The van der Waals surface area contributed by atoms with E-state index in [4.69, 9.17) is 34.8 Å². The van der Waals surface area contributed by atoms with Gasteiger partial charge in [-0.15, -0.1) is 11.6 Å². The lowest BCUT2D eigenvalue weighted by Crippen LogP contribution is -2.43. The SMILES string of the molecule is CC(C)(CCCl)NC(=O)c1ccc(Cl)c(Cl)c1. The number of hydrogen-bond acceptors (Lipinski definition) is 1. The molecule has 1 N–H and O–H groups in total. The predicted octanol–water partition coefficient (Wildman–Crippen LogP) is 4.13. The van der Waals surface area contributed by atoms with Gasteiger partial charge in [0.25, 0.3) is 5.91 Å². The Hall–Kier alpha value is -0.440. The maximum atomic E-state index is 11.9. The van der Waals surface area contributed by atoms with Gasteiger partial charge in [-0.2, -0.15) is 0 Å². The first kappa shape index (κ1) is 14.6. The van der Waals surface area contributed by atoms with Gasteiger partial charge in [0.2, 0.25) is 0 Å². The van der Waals surface area contributed by atoms with Crippen molar-refractivity contribution in [3.8, 4) is 0 Å². The standard InChI is InChI=1S/C12H14Cl3NO/c1-12(2,5-6-13)16-11(17)8-3-4-9(14)10(15)7-8/h3-4,7H,5-6H2,1-2H3,(H,16,17). The minimum atomic E-state index is -0.342. The minimum absolute atomic E-state index is 0.182. The average Bonchev–Trinajstić information content (AvgIpc) is 2.21. The molecule has 1 aromatic rings. The van der Waals surface area contributed by atoms with Crippen molar-refractivity contribution in [2.75, 3.05) is 5.88 Å². The number of carbonyl (C=O) groups is 1. The molecule has 5 heteroatoms. The first-order chi connectivity index (χ1) is 7.85. The van der Waals surface area contributed by atoms with Gasteiger partial charge in [0.1, 0.15) is 0 Å². The van der Waals surface area contributed by atoms with Gasteiger partial charge in [0, 0.05) is 17.0 Å². The van der Waals surface area contributed by atoms with Crippen molar-refractivity contribution in [3.63, 3.8) is 0 Å². The normalized spacial score (nSPS) is 11.4. The fraction of sp³-hybridized carbons (Fsp3) is 0.417. The third-order valence-corrected chi connectivity index (χ3v) is 3.28. The molecule has 1 aromatic carbocycles. The Labute approximate surface area is 116 Å². The van der Waals surface area contributed by atoms with Crippen LogP contribution in [0.1, 0.15) is 30.6 Å². The molecule has 0 aliphatic carbocycles. The molecular weight excluding hydrogens is 280 g/mol. The Kier molecular flexibility index (Phi) is 5.11. The van der Waals surface area contributed by atoms with E-state index in [9.17, 15) is 4.79 Å². The summed E-state index contributed by atoms with van der Waals surface area (Å²) in [6.07, 6.45) is 0.696. The number of alkyl halides is 1. The number of hydrogen-bond donors (Lipinski definition) is 1. The van der Waals surface area contributed by atoms with Crippen LogP contribution >= 0.6 is 34.8 Å². The highest BCUT2D eigenvalue weighted by atomic mass is 35.5. The maximum Gasteiger partial charge on any atom is 0.251 e. The zero-order valence-electron chi connectivity index (χ0n) is 9.69. The van der Waals surface area contributed by atoms with Crippen molar-refractivity contribution < 1.29 is 4.79 Å². The van der Waals surface area contributed by atoms with Crippen molar-refractivity contribution in [3.05, 3.63) is 33.8 Å². The fourth-order valence-corrected chi connectivity index (χ4v) is 2.09. The molecule has 0 heterocycles. The van der Waals surface area contributed by atoms with E-state index in [1.54, 1.807) is 18.2 Å². The van der Waals surface area contributed by atoms with Crippen LogP contribution in [-0.4, -0.2) is 17.3 Å². The van der Waals surface area contributed by atoms with E-state index in [2.05, 4.69) is 5.32 Å². The van der Waals surface area contributed by atoms with Gasteiger partial charge < -0.3 is 5.32 Å². The fourth-order valence-electron chi connectivity index (χ4n) is 1.32. The van der Waals surface area contributed by atoms with Gasteiger partial charge in [-0.3, -0.25) is 4.79 Å². The molecule has 0 aromatic heterocycles. The molecule has 1 amide bonds. The number of amides is 1. The van der Waals surface area contributed by atoms with Crippen molar-refractivity contribution in [1.82, 2.24) is 5.32 Å². The molecule has 0 atom stereocenters. The van der Waals surface area contributed by atoms with E-state index in [1.807, 2.05) is 13.8 Å². The number of rotatable bonds is 4. The smallest absolute Gasteiger partial charge is 0.251 e. The Bertz CT molecular complexity index is 418. The van der Waals surface area contributed by atoms with Crippen LogP contribution in [0.25, 0.3) is 0 Å². The average molecular weight is 295 g/mol. The highest BCUT2D eigenvalue weighted by Gasteiger charge is 2.20. The summed E-state index contributed by atoms with van der Waals surface area (Å²) in [6, 6.07) is 4.80. The first-order valence-corrected chi connectivity index (χ1v) is 6.48. The molecule has 0 radical (unpaired) electrons. The van der Waals surface area contributed by atoms with E-state index in [0.29, 0.717) is 27.9 Å². The predicted molar refractivity (Wildman–Crippen MR) is 73.3 cm³/mol. The summed E-state index contributed by atoms with van der Waals surface area (Å²) in [7, 11) is 0. The summed E-state index contributed by atoms with van der Waals surface area (Å²) in [5.74, 6) is 0.313. The van der Waals surface area contributed by atoms with Crippen molar-refractivity contribution in [2.24, 2.45) is 0 Å². The van der Waals surface area contributed by atoms with Crippen LogP contribution in [0, 0.1) is 0 Å². The highest BCUT2D eigenvalue weighted by Crippen LogP contribution is 2.23. The van der Waals surface area contributed by atoms with Crippen LogP contribution in [0.2, 0.25) is 10.0 Å². The lowest BCUT2D eigenvalue weighted by atomic mass is 10.0. The van der Waals surface area contributed by atoms with E-state index in [0.717, 1.165) is 0 Å². The lowest BCUT2D eigenvalue weighted by molar-refractivity contribution is 0.0911. The van der Waals surface area contributed by atoms with Gasteiger partial charge >= 0.3 is 0 Å². The molecule has 0 fully saturated rings. The Morgan fingerprint density at radius 2 is 1.94 bits per heavy atom. The molecule has 0 saturated carbocycles. The molecule has 0 unspecified atom stereocenters. The summed E-state index contributed by atoms with van der Waals surface area (Å²) in [5, 5.41) is 3.70. The second-order valence-corrected chi connectivity index (χ2v) is 5.60. The second-order valence-electron chi connectivity index (χ2n) is 4.41. The highest BCUT2D eigenvalue weighted by molar-refractivity contribution is 6.42. The number of carbonyl (C=O) groups excluding carboxylic acids is 1. The van der Waals surface area contributed by atoms with Crippen molar-refractivity contribution in [2.45, 2.75) is 25.8 Å². The van der Waals surface area contributed by atoms with E-state index >= 15 is 0 Å². The molecule has 0 aliphatic heterocycles. The molecule has 1 rings (SSSR count). The third-order valence-electron chi connectivity index (χ3n) is 2.35. The lowest BCUT2D eigenvalue weighted by Gasteiger charge is -2.25. The van der Waals surface area contributed by atoms with E-state index in [-0.39, 0.29) is 11.4 Å². The summed E-state index contributed by atoms with van der Waals surface area (Å²) >= 11 is 17.3. The van der Waals surface area contributed by atoms with Gasteiger partial charge in [-0.25, -0.2) is 0 Å². The Morgan fingerprint density at radius 1 is 1.29 bits per heavy atom. The molecule has 0 saturated heterocycles. The van der Waals surface area contributed by atoms with Crippen LogP contribution in [0.15, 0.2) is 18.2 Å². The zero-order chi connectivity index (χ0) is 13.1. The zero-order valence-corrected chi connectivity index (χ0v) is 12.0. The molecule has 2 nitrogen and oxygen atoms in total. The molecular formula is C12H14Cl3NO. The third kappa shape index (κ3) is 4.38. The maximum absolute atomic E-state index is 11.9. The van der Waals surface area contributed by atoms with Gasteiger partial charge in [0.15, 0.2) is 0 Å². The summed E-state index contributed by atoms with van der Waals surface area (Å²) in [6.45, 7) is 3.84. The van der Waals surface area contributed by atoms with Gasteiger partial charge in [-0.05, 0) is 38.5 Å². The van der Waals surface area contributed by atoms with E-state index < -0.39 is 0 Å². The summed E-state index contributed by atoms with van der Waals surface area (Å²) < 4.78 is 0. The molecule has 0 bridgehead atoms. The van der Waals surface area contributed by atoms with E-state index in [1.165, 1.54) is 0 Å². The van der Waals surface area contributed by atoms with Crippen LogP contribution in [-0.2, 0) is 0 Å². The van der Waals surface area contributed by atoms with Gasteiger partial charge in [0.05, 0.1) is 10.0 Å². The van der Waals surface area contributed by atoms with Crippen LogP contribution in [0.3, 0.4) is 0 Å². The summed E-state index contributed by atoms with van der Waals surface area (Å²) in [4.78, 5) is 11.9. The molecule has 0 spiro atoms. The Morgan fingerprint density at radius 3 is 2.47 bits per heavy atom. The quantitative estimate of drug-likeness (QED) is 0.831. The van der Waals surface area contributed by atoms with Crippen LogP contribution in [0.5, 0.6) is 0 Å². The van der Waals surface area contributed by atoms with Crippen LogP contribution < -0.4 is 5.32 Å². The topological polar surface area (TPSA) is 29.1 Å². The number of nitrogens with one attached hydrogen (secondary N) is 1. The number of benzene rings is 1. The van der Waals surface area contributed by atoms with Gasteiger partial charge in [-0.1, -0.05) is 23.2 Å². The number of halogens is 3. The van der Waals surface area contributed by atoms with Crippen molar-refractivity contribution in [1.29, 1.82) is 0 Å². The molecule has 94 valence electrons. The monoisotopic (exact) mass is 293 g/mol. The molecule has 17 heavy (non-hydrogen) atoms. The minimum Gasteiger partial charge on any atom is -0.347 e. The summed E-state index contributed by atoms with van der Waals surface area (Å²) in [5.41, 5.74) is 0.146.